The average molecular weight is 290 g/mol. The van der Waals surface area contributed by atoms with E-state index in [0.717, 1.165) is 24.3 Å². The normalized spacial score (nSPS) is 17.8. The summed E-state index contributed by atoms with van der Waals surface area (Å²) in [6, 6.07) is 2.99. The van der Waals surface area contributed by atoms with E-state index >= 15 is 0 Å². The maximum atomic E-state index is 12.7. The molecule has 0 bridgehead atoms. The Morgan fingerprint density at radius 2 is 2.05 bits per heavy atom. The summed E-state index contributed by atoms with van der Waals surface area (Å²) < 4.78 is 42.9. The van der Waals surface area contributed by atoms with Gasteiger partial charge in [0, 0.05) is 22.5 Å². The molecule has 2 rings (SSSR count). The third-order valence-corrected chi connectivity index (χ3v) is 2.60. The summed E-state index contributed by atoms with van der Waals surface area (Å²) in [5.41, 5.74) is -1.31. The summed E-state index contributed by atoms with van der Waals surface area (Å²) >= 11 is 0. The summed E-state index contributed by atoms with van der Waals surface area (Å²) in [6.07, 6.45) is -6.61. The molecule has 9 heteroatoms. The number of hydrogen-bond donors (Lipinski definition) is 0. The first kappa shape index (κ1) is 13.8. The molecule has 0 radical (unpaired) electrons. The highest BCUT2D eigenvalue weighted by Gasteiger charge is 2.50. The van der Waals surface area contributed by atoms with Crippen molar-refractivity contribution < 1.29 is 32.7 Å². The van der Waals surface area contributed by atoms with Crippen molar-refractivity contribution in [2.75, 3.05) is 0 Å². The Balaban J connectivity index is 2.54. The fourth-order valence-electron chi connectivity index (χ4n) is 1.73. The molecular formula is C11H7F3NO5+. The van der Waals surface area contributed by atoms with Crippen LogP contribution in [-0.2, 0) is 4.79 Å². The Morgan fingerprint density at radius 3 is 2.55 bits per heavy atom. The highest BCUT2D eigenvalue weighted by atomic mass is 19.4. The first-order valence-corrected chi connectivity index (χ1v) is 5.19. The van der Waals surface area contributed by atoms with Crippen LogP contribution in [0.15, 0.2) is 23.8 Å². The monoisotopic (exact) mass is 290 g/mol. The van der Waals surface area contributed by atoms with E-state index in [-0.39, 0.29) is 17.0 Å². The maximum absolute atomic E-state index is 12.7. The van der Waals surface area contributed by atoms with Crippen LogP contribution in [0.1, 0.15) is 5.56 Å². The molecule has 20 heavy (non-hydrogen) atoms. The third kappa shape index (κ3) is 2.42. The quantitative estimate of drug-likeness (QED) is 0.469. The lowest BCUT2D eigenvalue weighted by Crippen LogP contribution is -2.40. The largest absolute Gasteiger partial charge is 0.561 e. The molecule has 0 spiro atoms. The van der Waals surface area contributed by atoms with Crippen molar-refractivity contribution >= 4 is 17.7 Å². The number of non-ortho nitro benzene ring substituents is 1. The molecular weight excluding hydrogens is 283 g/mol. The first-order valence-electron chi connectivity index (χ1n) is 5.19. The predicted octanol–water partition coefficient (Wildman–Crippen LogP) is 1.55. The average Bonchev–Trinajstić information content (AvgIpc) is 2.35. The Labute approximate surface area is 109 Å². The van der Waals surface area contributed by atoms with Gasteiger partial charge in [-0.1, -0.05) is 0 Å². The van der Waals surface area contributed by atoms with E-state index in [2.05, 4.69) is 4.74 Å². The molecule has 1 aromatic carbocycles. The summed E-state index contributed by atoms with van der Waals surface area (Å²) in [6.45, 7) is 0. The van der Waals surface area contributed by atoms with Crippen LogP contribution >= 0.6 is 0 Å². The minimum Gasteiger partial charge on any atom is -0.561 e. The van der Waals surface area contributed by atoms with Gasteiger partial charge in [0.2, 0.25) is 6.10 Å². The topological polar surface area (TPSA) is 92.3 Å². The van der Waals surface area contributed by atoms with Crippen LogP contribution in [0.3, 0.4) is 0 Å². The van der Waals surface area contributed by atoms with Crippen LogP contribution in [0.5, 0.6) is 5.75 Å². The Morgan fingerprint density at radius 1 is 1.40 bits per heavy atom. The molecule has 1 heterocycles. The number of nitrogens with zero attached hydrogens (tertiary/aromatic N) is 1. The molecule has 0 amide bonds. The zero-order valence-electron chi connectivity index (χ0n) is 9.60. The van der Waals surface area contributed by atoms with Crippen molar-refractivity contribution in [2.45, 2.75) is 12.3 Å². The third-order valence-electron chi connectivity index (χ3n) is 2.60. The molecule has 106 valence electrons. The van der Waals surface area contributed by atoms with Gasteiger partial charge in [-0.15, -0.1) is 0 Å². The number of alkyl halides is 3. The number of carbonyl (C=O) groups excluding carboxylic acids is 1. The van der Waals surface area contributed by atoms with Crippen molar-refractivity contribution in [1.82, 2.24) is 0 Å². The number of benzene rings is 1. The first-order chi connectivity index (χ1) is 9.20. The smallest absolute Gasteiger partial charge is 0.549 e. The van der Waals surface area contributed by atoms with Gasteiger partial charge in [0.05, 0.1) is 4.92 Å². The van der Waals surface area contributed by atoms with Crippen molar-refractivity contribution in [3.63, 3.8) is 0 Å². The van der Waals surface area contributed by atoms with E-state index in [1.54, 1.807) is 0 Å². The Kier molecular flexibility index (Phi) is 3.12. The number of carbonyl (C=O) groups is 1. The summed E-state index contributed by atoms with van der Waals surface area (Å²) in [5, 5.41) is 17.4. The second kappa shape index (κ2) is 4.51. The lowest BCUT2D eigenvalue weighted by Gasteiger charge is -2.25. The van der Waals surface area contributed by atoms with Crippen molar-refractivity contribution in [3.05, 3.63) is 39.4 Å². The standard InChI is InChI=1S/C11H6F3NO5/c12-11(13,14)9-7(10(16)17)4-5-3-6(15(18)19)1-2-8(5)20-9/h1-4,9H,(H,16,17)/p+1. The van der Waals surface area contributed by atoms with E-state index in [1.807, 2.05) is 0 Å². The predicted molar refractivity (Wildman–Crippen MR) is 60.2 cm³/mol. The molecule has 6 nitrogen and oxygen atoms in total. The second-order valence-electron chi connectivity index (χ2n) is 3.95. The number of nitro groups is 1. The molecule has 1 unspecified atom stereocenters. The Hall–Kier alpha value is -2.58. The van der Waals surface area contributed by atoms with Crippen LogP contribution in [0, 0.1) is 10.1 Å². The SMILES string of the molecule is O=C([OH2+])C1=Cc2cc([N+](=O)[O-])ccc2OC1C(F)(F)F. The molecule has 0 saturated carbocycles. The van der Waals surface area contributed by atoms with E-state index in [9.17, 15) is 28.1 Å². The number of nitro benzene ring substituents is 1. The number of ether oxygens (including phenoxy) is 1. The highest BCUT2D eigenvalue weighted by molar-refractivity contribution is 5.95. The van der Waals surface area contributed by atoms with Crippen LogP contribution in [0.2, 0.25) is 0 Å². The minimum atomic E-state index is -4.86. The number of fused-ring (bicyclic) bond motifs is 1. The fourth-order valence-corrected chi connectivity index (χ4v) is 1.73. The summed E-state index contributed by atoms with van der Waals surface area (Å²) in [5.74, 6) is -1.78. The Bertz CT molecular complexity index is 623. The van der Waals surface area contributed by atoms with E-state index in [1.165, 1.54) is 0 Å². The molecule has 0 aliphatic carbocycles. The van der Waals surface area contributed by atoms with Gasteiger partial charge in [-0.3, -0.25) is 10.1 Å². The van der Waals surface area contributed by atoms with Gasteiger partial charge in [-0.25, -0.2) is 0 Å². The van der Waals surface area contributed by atoms with Gasteiger partial charge in [-0.2, -0.15) is 13.2 Å². The zero-order chi connectivity index (χ0) is 15.1. The lowest BCUT2D eigenvalue weighted by atomic mass is 10.0. The molecule has 1 aliphatic rings. The summed E-state index contributed by atoms with van der Waals surface area (Å²) in [4.78, 5) is 20.8. The van der Waals surface area contributed by atoms with Gasteiger partial charge >= 0.3 is 12.1 Å². The molecule has 1 aliphatic heterocycles. The molecule has 1 aromatic rings. The van der Waals surface area contributed by atoms with Gasteiger partial charge in [0.25, 0.3) is 5.69 Å². The summed E-state index contributed by atoms with van der Waals surface area (Å²) in [7, 11) is 0. The van der Waals surface area contributed by atoms with E-state index in [0.29, 0.717) is 0 Å². The second-order valence-corrected chi connectivity index (χ2v) is 3.95. The van der Waals surface area contributed by atoms with Crippen molar-refractivity contribution in [1.29, 1.82) is 0 Å². The van der Waals surface area contributed by atoms with Crippen LogP contribution in [0.25, 0.3) is 6.08 Å². The molecule has 2 N–H and O–H groups in total. The van der Waals surface area contributed by atoms with Crippen LogP contribution in [0.4, 0.5) is 18.9 Å². The molecule has 0 fully saturated rings. The molecule has 1 atom stereocenters. The van der Waals surface area contributed by atoms with Crippen LogP contribution in [-0.4, -0.2) is 28.3 Å². The van der Waals surface area contributed by atoms with Gasteiger partial charge in [0.1, 0.15) is 5.75 Å². The van der Waals surface area contributed by atoms with Crippen LogP contribution < -0.4 is 4.74 Å². The lowest BCUT2D eigenvalue weighted by molar-refractivity contribution is -0.384. The van der Waals surface area contributed by atoms with Gasteiger partial charge in [0.15, 0.2) is 5.57 Å². The maximum Gasteiger partial charge on any atom is 0.549 e. The molecule has 0 saturated heterocycles. The van der Waals surface area contributed by atoms with Gasteiger partial charge in [-0.05, 0) is 12.1 Å². The number of halogens is 3. The van der Waals surface area contributed by atoms with E-state index in [4.69, 9.17) is 5.11 Å². The zero-order valence-corrected chi connectivity index (χ0v) is 9.60. The highest BCUT2D eigenvalue weighted by Crippen LogP contribution is 2.38. The molecule has 0 aromatic heterocycles. The fraction of sp³-hybridized carbons (Fsp3) is 0.182. The number of hydrogen-bond acceptors (Lipinski definition) is 4. The number of rotatable bonds is 2. The minimum absolute atomic E-state index is 0.0460. The van der Waals surface area contributed by atoms with Crippen molar-refractivity contribution in [3.8, 4) is 5.75 Å². The van der Waals surface area contributed by atoms with E-state index < -0.39 is 28.7 Å². The van der Waals surface area contributed by atoms with Crippen molar-refractivity contribution in [2.24, 2.45) is 0 Å². The van der Waals surface area contributed by atoms with Gasteiger partial charge < -0.3 is 9.84 Å².